The van der Waals surface area contributed by atoms with Crippen molar-refractivity contribution in [2.24, 2.45) is 35.3 Å². The molecule has 0 radical (unpaired) electrons. The van der Waals surface area contributed by atoms with Gasteiger partial charge in [0.15, 0.2) is 36.0 Å². The molecule has 19 unspecified atom stereocenters. The molecule has 5 saturated heterocycles. The number of likely N-dealkylation sites (tertiary alicyclic amines) is 1. The maximum atomic E-state index is 14.6. The number of anilines is 1. The number of primary amides is 1. The van der Waals surface area contributed by atoms with E-state index in [0.29, 0.717) is 70.9 Å². The maximum absolute atomic E-state index is 14.6. The summed E-state index contributed by atoms with van der Waals surface area (Å²) >= 11 is 2.88. The number of hydrogen-bond donors (Lipinski definition) is 11. The Bertz CT molecular complexity index is 4830. The van der Waals surface area contributed by atoms with Gasteiger partial charge in [-0.3, -0.25) is 52.9 Å². The number of urea groups is 1. The Morgan fingerprint density at radius 2 is 1.53 bits per heavy atom. The van der Waals surface area contributed by atoms with Crippen LogP contribution in [0.5, 0.6) is 11.5 Å². The van der Waals surface area contributed by atoms with Crippen LogP contribution in [-0.2, 0) is 97.2 Å². The number of alkyl carbamates (subject to hydrolysis) is 1. The number of unbranched alkanes of at least 4 members (excludes halogenated alkanes) is 2. The summed E-state index contributed by atoms with van der Waals surface area (Å²) in [5, 5.41) is 68.8. The van der Waals surface area contributed by atoms with Crippen LogP contribution in [-0.4, -0.2) is 268 Å². The molecule has 12 N–H and O–H groups in total. The lowest BCUT2D eigenvalue weighted by Gasteiger charge is -2.46. The zero-order valence-electron chi connectivity index (χ0n) is 80.4. The van der Waals surface area contributed by atoms with E-state index in [1.165, 1.54) is 59.8 Å². The van der Waals surface area contributed by atoms with E-state index in [-0.39, 0.29) is 189 Å². The predicted octanol–water partition coefficient (Wildman–Crippen LogP) is 8.99. The number of hydroxylamine groups is 1. The van der Waals surface area contributed by atoms with Crippen molar-refractivity contribution in [3.05, 3.63) is 85.0 Å². The molecule has 36 nitrogen and oxygen atoms in total. The zero-order valence-corrected chi connectivity index (χ0v) is 85.0. The first kappa shape index (κ1) is 113. The fraction of sp³-hybridized carbons (Fsp3) is 0.649. The van der Waals surface area contributed by atoms with Crippen LogP contribution in [0.4, 0.5) is 15.3 Å². The molecule has 2 aliphatic carbocycles. The first-order valence-electron chi connectivity index (χ1n) is 46.6. The first-order chi connectivity index (χ1) is 65.0. The quantitative estimate of drug-likeness (QED) is 0.00559. The van der Waals surface area contributed by atoms with E-state index in [1.807, 2.05) is 57.2 Å². The summed E-state index contributed by atoms with van der Waals surface area (Å²) in [5.74, 6) is 7.51. The van der Waals surface area contributed by atoms with Crippen LogP contribution in [0.2, 0.25) is 0 Å². The Morgan fingerprint density at radius 1 is 0.810 bits per heavy atom. The number of thioether (sulfide) groups is 1. The molecular formula is C97H134IN7O29S3. The number of hydrogen-bond acceptors (Lipinski definition) is 33. The number of imide groups is 1. The number of nitrogens with two attached hydrogens (primary N) is 1. The average Bonchev–Trinajstić information content (AvgIpc) is 1.53. The Kier molecular flexibility index (Phi) is 43.8. The number of halogens is 1. The number of carbonyl (C=O) groups is 12. The van der Waals surface area contributed by atoms with Crippen molar-refractivity contribution in [3.63, 3.8) is 0 Å². The van der Waals surface area contributed by atoms with Gasteiger partial charge >= 0.3 is 18.1 Å². The first-order valence-corrected chi connectivity index (χ1v) is 50.8. The molecule has 2 bridgehead atoms. The number of nitrogens with zero attached hydrogens (tertiary/aromatic N) is 1. The number of carbonyl (C=O) groups excluding carboxylic acids is 12. The molecule has 137 heavy (non-hydrogen) atoms. The lowest BCUT2D eigenvalue weighted by Crippen LogP contribution is -2.64. The van der Waals surface area contributed by atoms with E-state index in [0.717, 1.165) is 18.9 Å². The summed E-state index contributed by atoms with van der Waals surface area (Å²) in [6.07, 6.45) is -10.1. The van der Waals surface area contributed by atoms with E-state index in [1.54, 1.807) is 71.9 Å². The van der Waals surface area contributed by atoms with Crippen molar-refractivity contribution in [2.45, 2.75) is 319 Å². The minimum absolute atomic E-state index is 0.0106. The number of esters is 1. The highest BCUT2D eigenvalue weighted by Crippen LogP contribution is 2.47. The molecule has 9 rings (SSSR count). The van der Waals surface area contributed by atoms with Gasteiger partial charge in [0.05, 0.1) is 84.6 Å². The second-order valence-corrected chi connectivity index (χ2v) is 41.9. The number of rotatable bonds is 48. The van der Waals surface area contributed by atoms with Crippen molar-refractivity contribution in [3.8, 4) is 35.2 Å². The van der Waals surface area contributed by atoms with Crippen LogP contribution >= 0.6 is 55.9 Å². The van der Waals surface area contributed by atoms with Gasteiger partial charge in [0.25, 0.3) is 0 Å². The number of nitrogens with one attached hydrogen (secondary N) is 5. The van der Waals surface area contributed by atoms with E-state index in [9.17, 15) is 83.1 Å². The SMILES string of the molecule is CCC(C)[C@H](NC(=O)CCCCCN1C(=O)CC(C)C1=O)C(=O)C[C@@H](CCCNC(N)=O)C(=O)Nc1ccc(COC(=O)NCCCC(=O)CCC(C)(C)SSC/C=C2/C3=C(CC(=O)OC)C(=O)C[C@@]2(O)C#C/C=C\C#C[C@@H]3OC2OC(C)C(NOC3CC(O)C(SC(=O)c4c(C)c(I)c(OC5OC(C)C(O)C(OC)C5O)c(C)c4OC)C(C)O3)C(O)C2OC2CC(C)C(CC(C)=O)CO2)cc1. The van der Waals surface area contributed by atoms with E-state index >= 15 is 0 Å². The summed E-state index contributed by atoms with van der Waals surface area (Å²) in [7, 11) is 6.77. The normalized spacial score (nSPS) is 28.4. The summed E-state index contributed by atoms with van der Waals surface area (Å²) in [6.45, 7) is 21.7. The third-order valence-corrected chi connectivity index (χ3v) is 31.4. The van der Waals surface area contributed by atoms with Crippen LogP contribution < -0.4 is 42.0 Å². The minimum Gasteiger partial charge on any atom is -0.496 e. The molecular weight excluding hydrogens is 1950 g/mol. The van der Waals surface area contributed by atoms with Crippen molar-refractivity contribution < 1.29 is 140 Å². The average molecular weight is 2090 g/mol. The zero-order chi connectivity index (χ0) is 100. The van der Waals surface area contributed by atoms with E-state index in [4.69, 9.17) is 62.7 Å². The summed E-state index contributed by atoms with van der Waals surface area (Å²) in [6, 6.07) is 3.76. The summed E-state index contributed by atoms with van der Waals surface area (Å²) < 4.78 is 66.9. The van der Waals surface area contributed by atoms with Gasteiger partial charge in [0.1, 0.15) is 66.3 Å². The molecule has 7 amide bonds. The predicted molar refractivity (Wildman–Crippen MR) is 516 cm³/mol. The number of Topliss-reactive ketones (excluding diaryl/α,β-unsaturated/α-hetero) is 4. The molecule has 40 heteroatoms. The topological polar surface area (TPSA) is 506 Å². The number of ether oxygens (including phenoxy) is 11. The second kappa shape index (κ2) is 53.2. The highest BCUT2D eigenvalue weighted by Gasteiger charge is 2.53. The summed E-state index contributed by atoms with van der Waals surface area (Å²) in [4.78, 5) is 166. The Labute approximate surface area is 826 Å². The number of benzene rings is 2. The Balaban J connectivity index is 0.788. The summed E-state index contributed by atoms with van der Waals surface area (Å²) in [5.41, 5.74) is 8.07. The molecule has 5 fully saturated rings. The van der Waals surface area contributed by atoms with Crippen molar-refractivity contribution in [1.82, 2.24) is 26.3 Å². The van der Waals surface area contributed by atoms with Gasteiger partial charge in [-0.05, 0) is 170 Å². The monoisotopic (exact) mass is 2080 g/mol. The van der Waals surface area contributed by atoms with Crippen molar-refractivity contribution >= 4 is 132 Å². The highest BCUT2D eigenvalue weighted by atomic mass is 127. The Hall–Kier alpha value is -7.96. The van der Waals surface area contributed by atoms with Crippen molar-refractivity contribution in [1.29, 1.82) is 0 Å². The van der Waals surface area contributed by atoms with Gasteiger partial charge in [0, 0.05) is 128 Å². The number of ketones is 4. The van der Waals surface area contributed by atoms with Gasteiger partial charge in [0.2, 0.25) is 35.0 Å². The van der Waals surface area contributed by atoms with Crippen molar-refractivity contribution in [2.75, 3.05) is 58.6 Å². The number of aliphatic hydroxyl groups is 5. The molecule has 5 aliphatic heterocycles. The van der Waals surface area contributed by atoms with Gasteiger partial charge in [-0.25, -0.2) is 9.59 Å². The molecule has 2 aromatic carbocycles. The third-order valence-electron chi connectivity index (χ3n) is 25.5. The van der Waals surface area contributed by atoms with Gasteiger partial charge in [-0.2, -0.15) is 5.48 Å². The van der Waals surface area contributed by atoms with Gasteiger partial charge in [-0.1, -0.05) is 116 Å². The van der Waals surface area contributed by atoms with Crippen LogP contribution in [0.15, 0.2) is 59.2 Å². The Morgan fingerprint density at radius 3 is 2.19 bits per heavy atom. The number of allylic oxidation sites excluding steroid dienone is 2. The largest absolute Gasteiger partial charge is 0.496 e. The van der Waals surface area contributed by atoms with E-state index < -0.39 is 168 Å². The molecule has 0 saturated carbocycles. The maximum Gasteiger partial charge on any atom is 0.407 e. The molecule has 756 valence electrons. The molecule has 5 heterocycles. The lowest BCUT2D eigenvalue weighted by atomic mass is 9.72. The number of amides is 7. The fourth-order valence-corrected chi connectivity index (χ4v) is 21.7. The van der Waals surface area contributed by atoms with Gasteiger partial charge in [-0.15, -0.1) is 0 Å². The standard InChI is InChI=1S/C97H134IN7O29S3/c1-16-51(2)79(103-71(111)29-21-19-23-40-105-72(112)42-53(4)90(105)118)67(108)45-61(26-24-38-100-94(99)120)89(117)102-63-32-30-60(31-33-63)49-127-95(121)101-39-25-27-64(107)34-37-96(11,12)137-135-41-35-66-77-65(46-73(113)123-13)69(110)48-97(66,122)36-22-18-17-20-28-70(77)131-93-87(132-74-43-52(3)62(50-126-74)44-54(5)106)82(115)80(57(8)129-93)104-134-75-47-68(109)88(59(10)128-75)136-91(119)76-55(6)78(98)85(56(7)84(76)124-14)133-92-83(116)86(125-15)81(114)58(9)130-92/h17-18,30-33,35,51-53,57-59,61-62,68,70,74-75,79-83,86-88,92-93,104,109,114-116,122H,16,19,21,23-27,29,34,37-50H2,1-15H3,(H,101,121)(H,102,117)(H,103,111)(H3,99,100,120)/b18-17-,66-35-/t51?,52?,53?,57?,58?,59?,61-,62?,68?,70+,74?,75?,79+,80?,81?,82?,83?,86?,87?,88?,92?,93?,97+/m1/s1. The van der Waals surface area contributed by atoms with Crippen LogP contribution in [0.1, 0.15) is 212 Å². The minimum atomic E-state index is -2.19. The van der Waals surface area contributed by atoms with Crippen LogP contribution in [0.3, 0.4) is 0 Å². The molecule has 2 aromatic rings. The highest BCUT2D eigenvalue weighted by molar-refractivity contribution is 14.1. The molecule has 0 aromatic heterocycles. The smallest absolute Gasteiger partial charge is 0.407 e. The number of aliphatic hydroxyl groups excluding tert-OH is 4. The lowest BCUT2D eigenvalue weighted by molar-refractivity contribution is -0.335. The molecule has 0 spiro atoms. The molecule has 7 aliphatic rings. The number of fused-ring (bicyclic) bond motifs is 2. The third kappa shape index (κ3) is 31.5. The van der Waals surface area contributed by atoms with Crippen LogP contribution in [0.25, 0.3) is 0 Å². The fourth-order valence-electron chi connectivity index (χ4n) is 17.3. The van der Waals surface area contributed by atoms with E-state index in [2.05, 4.69) is 50.4 Å². The number of methoxy groups -OCH3 is 3. The molecule has 23 atom stereocenters. The van der Waals surface area contributed by atoms with Crippen LogP contribution in [0, 0.1) is 70.7 Å². The second-order valence-electron chi connectivity index (χ2n) is 36.6. The van der Waals surface area contributed by atoms with Gasteiger partial charge < -0.3 is 109 Å².